The van der Waals surface area contributed by atoms with Crippen molar-refractivity contribution < 1.29 is 4.74 Å². The highest BCUT2D eigenvalue weighted by molar-refractivity contribution is 7.09. The molecule has 2 aromatic carbocycles. The van der Waals surface area contributed by atoms with Crippen LogP contribution in [-0.4, -0.2) is 4.98 Å². The van der Waals surface area contributed by atoms with Gasteiger partial charge in [-0.25, -0.2) is 4.98 Å². The van der Waals surface area contributed by atoms with E-state index in [-0.39, 0.29) is 0 Å². The molecule has 0 aliphatic heterocycles. The first-order valence-corrected chi connectivity index (χ1v) is 7.58. The fraction of sp³-hybridized carbons (Fsp3) is 0.118. The van der Waals surface area contributed by atoms with E-state index in [1.807, 2.05) is 47.8 Å². The normalized spacial score (nSPS) is 10.5. The lowest BCUT2D eigenvalue weighted by Crippen LogP contribution is -1.95. The van der Waals surface area contributed by atoms with Gasteiger partial charge < -0.3 is 10.5 Å². The SMILES string of the molecule is Cc1cccc(OCc2nc(-c3ccc(N)cc3)cs2)c1. The highest BCUT2D eigenvalue weighted by Crippen LogP contribution is 2.24. The Morgan fingerprint density at radius 1 is 1.14 bits per heavy atom. The molecule has 0 saturated carbocycles. The fourth-order valence-electron chi connectivity index (χ4n) is 2.01. The zero-order valence-corrected chi connectivity index (χ0v) is 12.6. The van der Waals surface area contributed by atoms with Gasteiger partial charge >= 0.3 is 0 Å². The monoisotopic (exact) mass is 296 g/mol. The maximum absolute atomic E-state index is 5.77. The standard InChI is InChI=1S/C17H16N2OS/c1-12-3-2-4-15(9-12)20-10-17-19-16(11-21-17)13-5-7-14(18)8-6-13/h2-9,11H,10,18H2,1H3. The van der Waals surface area contributed by atoms with Crippen LogP contribution in [0.1, 0.15) is 10.6 Å². The van der Waals surface area contributed by atoms with Crippen molar-refractivity contribution in [2.75, 3.05) is 5.73 Å². The molecule has 0 saturated heterocycles. The second-order valence-electron chi connectivity index (χ2n) is 4.85. The molecule has 1 heterocycles. The number of aryl methyl sites for hydroxylation is 1. The van der Waals surface area contributed by atoms with Crippen LogP contribution < -0.4 is 10.5 Å². The Hall–Kier alpha value is -2.33. The van der Waals surface area contributed by atoms with Gasteiger partial charge in [-0.2, -0.15) is 0 Å². The largest absolute Gasteiger partial charge is 0.486 e. The quantitative estimate of drug-likeness (QED) is 0.731. The number of hydrogen-bond donors (Lipinski definition) is 1. The fourth-order valence-corrected chi connectivity index (χ4v) is 2.73. The first kappa shape index (κ1) is 13.6. The van der Waals surface area contributed by atoms with Crippen LogP contribution in [0.15, 0.2) is 53.9 Å². The van der Waals surface area contributed by atoms with Gasteiger partial charge in [-0.05, 0) is 36.8 Å². The van der Waals surface area contributed by atoms with Crippen LogP contribution in [0, 0.1) is 6.92 Å². The van der Waals surface area contributed by atoms with E-state index in [2.05, 4.69) is 18.0 Å². The molecule has 0 unspecified atom stereocenters. The maximum atomic E-state index is 5.77. The predicted octanol–water partition coefficient (Wildman–Crippen LogP) is 4.28. The van der Waals surface area contributed by atoms with E-state index in [0.29, 0.717) is 6.61 Å². The van der Waals surface area contributed by atoms with Crippen LogP contribution in [0.2, 0.25) is 0 Å². The summed E-state index contributed by atoms with van der Waals surface area (Å²) in [5.74, 6) is 0.874. The number of ether oxygens (including phenoxy) is 1. The molecule has 0 aliphatic carbocycles. The van der Waals surface area contributed by atoms with Crippen LogP contribution in [0.5, 0.6) is 5.75 Å². The van der Waals surface area contributed by atoms with Gasteiger partial charge in [0, 0.05) is 16.6 Å². The lowest BCUT2D eigenvalue weighted by molar-refractivity contribution is 0.305. The zero-order chi connectivity index (χ0) is 14.7. The Bertz CT molecular complexity index is 735. The van der Waals surface area contributed by atoms with Gasteiger partial charge in [0.2, 0.25) is 0 Å². The molecule has 0 fully saturated rings. The minimum atomic E-state index is 0.489. The molecule has 3 rings (SSSR count). The minimum Gasteiger partial charge on any atom is -0.486 e. The van der Waals surface area contributed by atoms with Crippen LogP contribution in [0.4, 0.5) is 5.69 Å². The predicted molar refractivity (Wildman–Crippen MR) is 87.5 cm³/mol. The second-order valence-corrected chi connectivity index (χ2v) is 5.80. The summed E-state index contributed by atoms with van der Waals surface area (Å²) in [4.78, 5) is 4.60. The number of nitrogen functional groups attached to an aromatic ring is 1. The van der Waals surface area contributed by atoms with Crippen LogP contribution >= 0.6 is 11.3 Å². The summed E-state index contributed by atoms with van der Waals surface area (Å²) >= 11 is 1.60. The Balaban J connectivity index is 1.69. The molecule has 21 heavy (non-hydrogen) atoms. The lowest BCUT2D eigenvalue weighted by Gasteiger charge is -2.04. The molecule has 106 valence electrons. The molecule has 3 nitrogen and oxygen atoms in total. The average molecular weight is 296 g/mol. The van der Waals surface area contributed by atoms with Crippen molar-refractivity contribution in [3.8, 4) is 17.0 Å². The average Bonchev–Trinajstić information content (AvgIpc) is 2.95. The Kier molecular flexibility index (Phi) is 3.88. The van der Waals surface area contributed by atoms with E-state index in [1.54, 1.807) is 11.3 Å². The number of nitrogens with zero attached hydrogens (tertiary/aromatic N) is 1. The van der Waals surface area contributed by atoms with E-state index >= 15 is 0 Å². The smallest absolute Gasteiger partial charge is 0.140 e. The Morgan fingerprint density at radius 2 is 1.95 bits per heavy atom. The number of benzene rings is 2. The molecule has 0 radical (unpaired) electrons. The highest BCUT2D eigenvalue weighted by atomic mass is 32.1. The van der Waals surface area contributed by atoms with Crippen molar-refractivity contribution in [3.63, 3.8) is 0 Å². The van der Waals surface area contributed by atoms with Crippen LogP contribution in [0.25, 0.3) is 11.3 Å². The van der Waals surface area contributed by atoms with Crippen LogP contribution in [0.3, 0.4) is 0 Å². The summed E-state index contributed by atoms with van der Waals surface area (Å²) in [5, 5.41) is 3.00. The molecule has 1 aromatic heterocycles. The lowest BCUT2D eigenvalue weighted by atomic mass is 10.1. The number of aromatic nitrogens is 1. The van der Waals surface area contributed by atoms with Crippen molar-refractivity contribution in [1.29, 1.82) is 0 Å². The van der Waals surface area contributed by atoms with Crippen LogP contribution in [-0.2, 0) is 6.61 Å². The van der Waals surface area contributed by atoms with E-state index in [0.717, 1.165) is 27.7 Å². The van der Waals surface area contributed by atoms with E-state index < -0.39 is 0 Å². The van der Waals surface area contributed by atoms with Gasteiger partial charge in [0.25, 0.3) is 0 Å². The minimum absolute atomic E-state index is 0.489. The third-order valence-corrected chi connectivity index (χ3v) is 3.93. The van der Waals surface area contributed by atoms with Crippen molar-refractivity contribution in [3.05, 3.63) is 64.5 Å². The van der Waals surface area contributed by atoms with Gasteiger partial charge in [0.1, 0.15) is 17.4 Å². The summed E-state index contributed by atoms with van der Waals surface area (Å²) in [7, 11) is 0. The van der Waals surface area contributed by atoms with Gasteiger partial charge in [0.05, 0.1) is 5.69 Å². The molecule has 0 aliphatic rings. The topological polar surface area (TPSA) is 48.1 Å². The molecule has 3 aromatic rings. The first-order valence-electron chi connectivity index (χ1n) is 6.70. The second kappa shape index (κ2) is 5.97. The van der Waals surface area contributed by atoms with Crippen molar-refractivity contribution in [2.45, 2.75) is 13.5 Å². The van der Waals surface area contributed by atoms with Crippen molar-refractivity contribution >= 4 is 17.0 Å². The number of nitrogens with two attached hydrogens (primary N) is 1. The number of anilines is 1. The summed E-state index contributed by atoms with van der Waals surface area (Å²) in [6.45, 7) is 2.54. The van der Waals surface area contributed by atoms with Gasteiger partial charge in [-0.1, -0.05) is 24.3 Å². The van der Waals surface area contributed by atoms with Crippen molar-refractivity contribution in [1.82, 2.24) is 4.98 Å². The molecule has 0 amide bonds. The van der Waals surface area contributed by atoms with Gasteiger partial charge in [-0.15, -0.1) is 11.3 Å². The first-order chi connectivity index (χ1) is 10.2. The van der Waals surface area contributed by atoms with E-state index in [1.165, 1.54) is 5.56 Å². The number of rotatable bonds is 4. The molecule has 0 spiro atoms. The third-order valence-electron chi connectivity index (χ3n) is 3.11. The van der Waals surface area contributed by atoms with E-state index in [4.69, 9.17) is 10.5 Å². The molecular weight excluding hydrogens is 280 g/mol. The molecule has 0 atom stereocenters. The van der Waals surface area contributed by atoms with E-state index in [9.17, 15) is 0 Å². The molecule has 2 N–H and O–H groups in total. The highest BCUT2D eigenvalue weighted by Gasteiger charge is 2.05. The molecule has 0 bridgehead atoms. The molecular formula is C17H16N2OS. The van der Waals surface area contributed by atoms with Gasteiger partial charge in [-0.3, -0.25) is 0 Å². The van der Waals surface area contributed by atoms with Crippen molar-refractivity contribution in [2.24, 2.45) is 0 Å². The number of thiazole rings is 1. The number of hydrogen-bond acceptors (Lipinski definition) is 4. The summed E-state index contributed by atoms with van der Waals surface area (Å²) in [6, 6.07) is 15.8. The van der Waals surface area contributed by atoms with Gasteiger partial charge in [0.15, 0.2) is 0 Å². The maximum Gasteiger partial charge on any atom is 0.140 e. The Morgan fingerprint density at radius 3 is 2.71 bits per heavy atom. The molecule has 4 heteroatoms. The summed E-state index contributed by atoms with van der Waals surface area (Å²) in [5.41, 5.74) is 9.68. The third kappa shape index (κ3) is 3.41. The Labute approximate surface area is 128 Å². The summed E-state index contributed by atoms with van der Waals surface area (Å²) < 4.78 is 5.77. The summed E-state index contributed by atoms with van der Waals surface area (Å²) in [6.07, 6.45) is 0. The zero-order valence-electron chi connectivity index (χ0n) is 11.7.